The molecule has 0 fully saturated rings. The Bertz CT molecular complexity index is 602. The van der Waals surface area contributed by atoms with Crippen molar-refractivity contribution < 1.29 is 20.1 Å². The molecule has 3 atom stereocenters. The highest BCUT2D eigenvalue weighted by Crippen LogP contribution is 2.12. The zero-order chi connectivity index (χ0) is 28.1. The Kier molecular flexibility index (Phi) is 27.5. The Morgan fingerprint density at radius 2 is 1.13 bits per heavy atom. The summed E-state index contributed by atoms with van der Waals surface area (Å²) in [6.45, 7) is 4.11. The van der Waals surface area contributed by atoms with Crippen LogP contribution in [0.2, 0.25) is 0 Å². The van der Waals surface area contributed by atoms with Crippen molar-refractivity contribution in [2.45, 2.75) is 161 Å². The van der Waals surface area contributed by atoms with Crippen LogP contribution in [-0.4, -0.2) is 46.1 Å². The van der Waals surface area contributed by atoms with Gasteiger partial charge in [0, 0.05) is 0 Å². The maximum atomic E-state index is 12.2. The summed E-state index contributed by atoms with van der Waals surface area (Å²) in [6, 6.07) is -0.761. The van der Waals surface area contributed by atoms with Gasteiger partial charge in [0.05, 0.1) is 31.3 Å². The number of unbranched alkanes of at least 4 members (excludes halogenated alkanes) is 14. The molecule has 0 aromatic carbocycles. The smallest absolute Gasteiger partial charge is 0.222 e. The Morgan fingerprint density at radius 3 is 1.68 bits per heavy atom. The molecule has 0 aliphatic rings. The van der Waals surface area contributed by atoms with Crippen molar-refractivity contribution in [1.82, 2.24) is 5.32 Å². The highest BCUT2D eigenvalue weighted by atomic mass is 16.3. The number of carbonyl (C=O) groups is 1. The number of hydrogen-bond acceptors (Lipinski definition) is 4. The fourth-order valence-corrected chi connectivity index (χ4v) is 4.43. The topological polar surface area (TPSA) is 89.8 Å². The third-order valence-electron chi connectivity index (χ3n) is 6.91. The predicted octanol–water partition coefficient (Wildman–Crippen LogP) is 7.70. The monoisotopic (exact) mass is 535 g/mol. The predicted molar refractivity (Wildman–Crippen MR) is 162 cm³/mol. The molecule has 0 spiro atoms. The van der Waals surface area contributed by atoms with Crippen LogP contribution in [0.4, 0.5) is 0 Å². The molecule has 0 aromatic rings. The van der Waals surface area contributed by atoms with E-state index in [-0.39, 0.29) is 18.9 Å². The fourth-order valence-electron chi connectivity index (χ4n) is 4.43. The highest BCUT2D eigenvalue weighted by Gasteiger charge is 2.19. The summed E-state index contributed by atoms with van der Waals surface area (Å²) in [6.07, 6.45) is 32.7. The van der Waals surface area contributed by atoms with Crippen molar-refractivity contribution in [1.29, 1.82) is 0 Å². The molecule has 3 unspecified atom stereocenters. The Balaban J connectivity index is 3.91. The molecular weight excluding hydrogens is 474 g/mol. The Morgan fingerprint density at radius 1 is 0.658 bits per heavy atom. The van der Waals surface area contributed by atoms with Crippen molar-refractivity contribution in [3.63, 3.8) is 0 Å². The van der Waals surface area contributed by atoms with Crippen molar-refractivity contribution in [3.8, 4) is 0 Å². The number of nitrogens with one attached hydrogen (secondary N) is 1. The second kappa shape index (κ2) is 28.6. The number of rotatable bonds is 27. The molecule has 0 aliphatic heterocycles. The highest BCUT2D eigenvalue weighted by molar-refractivity contribution is 5.76. The van der Waals surface area contributed by atoms with Crippen molar-refractivity contribution in [2.75, 3.05) is 6.61 Å². The van der Waals surface area contributed by atoms with E-state index in [1.165, 1.54) is 77.0 Å². The molecule has 4 N–H and O–H groups in total. The number of hydrogen-bond donors (Lipinski definition) is 4. The average molecular weight is 536 g/mol. The maximum Gasteiger partial charge on any atom is 0.222 e. The van der Waals surface area contributed by atoms with Gasteiger partial charge in [-0.25, -0.2) is 0 Å². The number of amides is 1. The van der Waals surface area contributed by atoms with E-state index < -0.39 is 18.2 Å². The summed E-state index contributed by atoms with van der Waals surface area (Å²) in [5, 5.41) is 32.7. The van der Waals surface area contributed by atoms with E-state index in [1.54, 1.807) is 6.08 Å². The Labute approximate surface area is 234 Å². The largest absolute Gasteiger partial charge is 0.394 e. The molecule has 5 nitrogen and oxygen atoms in total. The van der Waals surface area contributed by atoms with E-state index in [0.29, 0.717) is 6.42 Å². The van der Waals surface area contributed by atoms with Gasteiger partial charge in [0.15, 0.2) is 0 Å². The maximum absolute atomic E-state index is 12.2. The van der Waals surface area contributed by atoms with Crippen LogP contribution in [-0.2, 0) is 4.79 Å². The van der Waals surface area contributed by atoms with Gasteiger partial charge >= 0.3 is 0 Å². The number of carbonyl (C=O) groups excluding carboxylic acids is 1. The van der Waals surface area contributed by atoms with E-state index in [9.17, 15) is 20.1 Å². The van der Waals surface area contributed by atoms with Crippen LogP contribution in [0.25, 0.3) is 0 Å². The third-order valence-corrected chi connectivity index (χ3v) is 6.91. The van der Waals surface area contributed by atoms with Crippen molar-refractivity contribution in [3.05, 3.63) is 36.5 Å². The molecule has 0 saturated carbocycles. The molecule has 0 aliphatic carbocycles. The summed E-state index contributed by atoms with van der Waals surface area (Å²) in [4.78, 5) is 12.2. The van der Waals surface area contributed by atoms with E-state index in [2.05, 4.69) is 43.5 Å². The lowest BCUT2D eigenvalue weighted by Gasteiger charge is -2.21. The lowest BCUT2D eigenvalue weighted by atomic mass is 10.0. The molecule has 0 bridgehead atoms. The minimum Gasteiger partial charge on any atom is -0.394 e. The molecule has 222 valence electrons. The van der Waals surface area contributed by atoms with Crippen molar-refractivity contribution >= 4 is 5.91 Å². The average Bonchev–Trinajstić information content (AvgIpc) is 2.90. The van der Waals surface area contributed by atoms with Crippen LogP contribution in [0.15, 0.2) is 36.5 Å². The summed E-state index contributed by atoms with van der Waals surface area (Å²) >= 11 is 0. The van der Waals surface area contributed by atoms with E-state index in [1.807, 2.05) is 6.08 Å². The van der Waals surface area contributed by atoms with Gasteiger partial charge in [0.2, 0.25) is 5.91 Å². The van der Waals surface area contributed by atoms with Crippen LogP contribution in [0.3, 0.4) is 0 Å². The normalized spacial score (nSPS) is 14.6. The third kappa shape index (κ3) is 24.9. The van der Waals surface area contributed by atoms with Gasteiger partial charge in [0.25, 0.3) is 0 Å². The SMILES string of the molecule is CCCCCCC/C=C/CC/C=C/CC/C=C/C(O)C(CO)NC(=O)CC(O)CCCCCCCCCC. The lowest BCUT2D eigenvalue weighted by Crippen LogP contribution is -2.45. The first-order valence-corrected chi connectivity index (χ1v) is 15.8. The first-order chi connectivity index (χ1) is 18.5. The van der Waals surface area contributed by atoms with Crippen molar-refractivity contribution in [2.24, 2.45) is 0 Å². The van der Waals surface area contributed by atoms with Crippen LogP contribution >= 0.6 is 0 Å². The first-order valence-electron chi connectivity index (χ1n) is 15.8. The van der Waals surface area contributed by atoms with Gasteiger partial charge in [0.1, 0.15) is 0 Å². The van der Waals surface area contributed by atoms with Gasteiger partial charge in [-0.05, 0) is 44.9 Å². The van der Waals surface area contributed by atoms with Gasteiger partial charge < -0.3 is 20.6 Å². The van der Waals surface area contributed by atoms with E-state index >= 15 is 0 Å². The number of allylic oxidation sites excluding steroid dienone is 5. The van der Waals surface area contributed by atoms with Crippen LogP contribution in [0.1, 0.15) is 142 Å². The minimum atomic E-state index is -0.954. The zero-order valence-electron chi connectivity index (χ0n) is 24.8. The molecule has 0 saturated heterocycles. The zero-order valence-corrected chi connectivity index (χ0v) is 24.8. The first kappa shape index (κ1) is 36.6. The Hall–Kier alpha value is -1.43. The minimum absolute atomic E-state index is 0.00236. The molecule has 0 rings (SSSR count). The number of aliphatic hydroxyl groups excluding tert-OH is 3. The summed E-state index contributed by atoms with van der Waals surface area (Å²) < 4.78 is 0. The molecule has 1 amide bonds. The van der Waals surface area contributed by atoms with Crippen LogP contribution in [0, 0.1) is 0 Å². The van der Waals surface area contributed by atoms with Crippen LogP contribution < -0.4 is 5.32 Å². The summed E-state index contributed by atoms with van der Waals surface area (Å²) in [5.41, 5.74) is 0. The summed E-state index contributed by atoms with van der Waals surface area (Å²) in [7, 11) is 0. The van der Waals surface area contributed by atoms with E-state index in [4.69, 9.17) is 0 Å². The summed E-state index contributed by atoms with van der Waals surface area (Å²) in [5.74, 6) is -0.336. The standard InChI is InChI=1S/C33H61NO4/c1-3-5-7-9-11-13-14-15-16-17-18-19-21-23-25-27-32(37)31(29-35)34-33(38)28-30(36)26-24-22-20-12-10-8-6-4-2/h14-15,18-19,25,27,30-32,35-37H,3-13,16-17,20-24,26,28-29H2,1-2H3,(H,34,38)/b15-14+,19-18+,27-25+. The van der Waals surface area contributed by atoms with Gasteiger partial charge in [-0.15, -0.1) is 0 Å². The molecule has 38 heavy (non-hydrogen) atoms. The number of aliphatic hydroxyl groups is 3. The fraction of sp³-hybridized carbons (Fsp3) is 0.788. The second-order valence-electron chi connectivity index (χ2n) is 10.7. The molecule has 0 radical (unpaired) electrons. The molecule has 5 heteroatoms. The molecular formula is C33H61NO4. The van der Waals surface area contributed by atoms with Gasteiger partial charge in [-0.2, -0.15) is 0 Å². The molecule has 0 heterocycles. The van der Waals surface area contributed by atoms with Gasteiger partial charge in [-0.1, -0.05) is 127 Å². The van der Waals surface area contributed by atoms with Gasteiger partial charge in [-0.3, -0.25) is 4.79 Å². The quantitative estimate of drug-likeness (QED) is 0.0641. The lowest BCUT2D eigenvalue weighted by molar-refractivity contribution is -0.124. The van der Waals surface area contributed by atoms with Crippen LogP contribution in [0.5, 0.6) is 0 Å². The molecule has 0 aromatic heterocycles. The second-order valence-corrected chi connectivity index (χ2v) is 10.7. The van der Waals surface area contributed by atoms with E-state index in [0.717, 1.165) is 38.5 Å².